The third kappa shape index (κ3) is 16.8. The van der Waals surface area contributed by atoms with Crippen molar-refractivity contribution in [2.75, 3.05) is 6.54 Å². The zero-order valence-corrected chi connectivity index (χ0v) is 42.9. The molecule has 3 aromatic carbocycles. The first-order valence-electron chi connectivity index (χ1n) is 27.2. The van der Waals surface area contributed by atoms with Gasteiger partial charge in [-0.05, 0) is 121 Å². The van der Waals surface area contributed by atoms with Gasteiger partial charge in [0, 0.05) is 36.0 Å². The molecule has 0 bridgehead atoms. The molecule has 16 nitrogen and oxygen atoms in total. The fraction of sp³-hybridized carbons (Fsp3) is 0.603. The Hall–Kier alpha value is -4.43. The molecule has 4 heterocycles. The molecule has 0 saturated carbocycles. The van der Waals surface area contributed by atoms with E-state index in [9.17, 15) is 30.3 Å². The molecule has 5 aliphatic rings. The van der Waals surface area contributed by atoms with Crippen molar-refractivity contribution in [1.29, 1.82) is 0 Å². The largest absolute Gasteiger partial charge is 0.507 e. The highest BCUT2D eigenvalue weighted by atomic mass is 16.7. The highest BCUT2D eigenvalue weighted by Gasteiger charge is 2.37. The van der Waals surface area contributed by atoms with Crippen LogP contribution in [0.15, 0.2) is 103 Å². The molecule has 3 aromatic rings. The number of hydrogen-bond donors (Lipinski definition) is 6. The molecule has 0 aromatic heterocycles. The van der Waals surface area contributed by atoms with Gasteiger partial charge in [0.05, 0.1) is 73.7 Å². The molecule has 15 unspecified atom stereocenters. The topological polar surface area (TPSA) is 213 Å². The number of carbonyl (C=O) groups is 1. The van der Waals surface area contributed by atoms with Crippen LogP contribution in [0.4, 0.5) is 4.79 Å². The number of benzene rings is 3. The molecular weight excluding hydrogens is 951 g/mol. The number of amides is 1. The van der Waals surface area contributed by atoms with Crippen molar-refractivity contribution in [3.63, 3.8) is 0 Å². The first-order chi connectivity index (χ1) is 35.9. The molecule has 1 aliphatic carbocycles. The van der Waals surface area contributed by atoms with Gasteiger partial charge in [0.2, 0.25) is 0 Å². The number of allylic oxidation sites excluding steroid dienone is 2. The van der Waals surface area contributed by atoms with Crippen LogP contribution in [0.2, 0.25) is 0 Å². The van der Waals surface area contributed by atoms with E-state index in [0.29, 0.717) is 106 Å². The first-order valence-corrected chi connectivity index (χ1v) is 27.2. The summed E-state index contributed by atoms with van der Waals surface area (Å²) in [7, 11) is 0. The third-order valence-electron chi connectivity index (χ3n) is 14.7. The summed E-state index contributed by atoms with van der Waals surface area (Å²) >= 11 is 0. The summed E-state index contributed by atoms with van der Waals surface area (Å²) < 4.78 is 56.0. The van der Waals surface area contributed by atoms with Gasteiger partial charge in [-0.2, -0.15) is 0 Å². The van der Waals surface area contributed by atoms with Crippen molar-refractivity contribution in [3.8, 4) is 17.2 Å². The molecule has 74 heavy (non-hydrogen) atoms. The average Bonchev–Trinajstić information content (AvgIpc) is 3.38. The van der Waals surface area contributed by atoms with E-state index in [1.54, 1.807) is 54.6 Å². The van der Waals surface area contributed by atoms with Gasteiger partial charge in [-0.25, -0.2) is 4.79 Å². The Morgan fingerprint density at radius 3 is 1.72 bits per heavy atom. The first kappa shape index (κ1) is 55.8. The number of nitrogens with one attached hydrogen (secondary N) is 1. The van der Waals surface area contributed by atoms with Gasteiger partial charge in [0.1, 0.15) is 17.2 Å². The molecule has 6 N–H and O–H groups in total. The van der Waals surface area contributed by atoms with Crippen LogP contribution in [0.5, 0.6) is 17.2 Å². The highest BCUT2D eigenvalue weighted by Crippen LogP contribution is 2.39. The van der Waals surface area contributed by atoms with Gasteiger partial charge in [0.15, 0.2) is 25.2 Å². The van der Waals surface area contributed by atoms with E-state index in [-0.39, 0.29) is 66.9 Å². The molecule has 4 saturated heterocycles. The predicted molar refractivity (Wildman–Crippen MR) is 274 cm³/mol. The minimum Gasteiger partial charge on any atom is -0.507 e. The minimum absolute atomic E-state index is 0.000766. The Balaban J connectivity index is 0.821. The fourth-order valence-electron chi connectivity index (χ4n) is 10.8. The Morgan fingerprint density at radius 2 is 1.12 bits per heavy atom. The average molecular weight is 1030 g/mol. The van der Waals surface area contributed by atoms with Gasteiger partial charge >= 0.3 is 6.09 Å². The van der Waals surface area contributed by atoms with Gasteiger partial charge in [-0.1, -0.05) is 79.7 Å². The minimum atomic E-state index is -0.768. The zero-order chi connectivity index (χ0) is 51.8. The molecule has 8 rings (SSSR count). The number of aliphatic hydroxyl groups excluding tert-OH is 3. The van der Waals surface area contributed by atoms with Crippen LogP contribution in [0.3, 0.4) is 0 Å². The Labute approximate surface area is 435 Å². The molecule has 0 radical (unpaired) electrons. The number of hydrogen-bond acceptors (Lipinski definition) is 15. The second kappa shape index (κ2) is 28.1. The van der Waals surface area contributed by atoms with Crippen molar-refractivity contribution < 1.29 is 73.0 Å². The van der Waals surface area contributed by atoms with E-state index in [0.717, 1.165) is 25.7 Å². The van der Waals surface area contributed by atoms with Crippen molar-refractivity contribution in [1.82, 2.24) is 5.32 Å². The third-order valence-corrected chi connectivity index (χ3v) is 14.7. The molecule has 4 aliphatic heterocycles. The number of para-hydroxylation sites is 3. The van der Waals surface area contributed by atoms with Crippen molar-refractivity contribution in [2.24, 2.45) is 0 Å². The molecule has 406 valence electrons. The summed E-state index contributed by atoms with van der Waals surface area (Å²) in [6.07, 6.45) is 9.91. The Morgan fingerprint density at radius 1 is 0.622 bits per heavy atom. The SMILES string of the molecule is CCC1CC(CCCC2CC(CC(O)CCCC3CC(CCCC(O)CC4CC(C)OC(C5=CC=CCC5O)O4)OC(c4ccccc4O)O3)OC(CNC(=O)Oc3ccccc3)O2)OC(c2ccccc2O)O1. The van der Waals surface area contributed by atoms with Gasteiger partial charge < -0.3 is 73.5 Å². The van der Waals surface area contributed by atoms with Crippen LogP contribution in [-0.2, 0) is 37.9 Å². The number of carbonyl (C=O) groups excluding carboxylic acids is 1. The van der Waals surface area contributed by atoms with Crippen molar-refractivity contribution >= 4 is 6.09 Å². The van der Waals surface area contributed by atoms with E-state index >= 15 is 0 Å². The lowest BCUT2D eigenvalue weighted by Crippen LogP contribution is -2.46. The molecule has 1 amide bonds. The number of phenolic OH excluding ortho intramolecular Hbond substituents is 2. The van der Waals surface area contributed by atoms with E-state index in [1.807, 2.05) is 49.4 Å². The maximum absolute atomic E-state index is 12.8. The summed E-state index contributed by atoms with van der Waals surface area (Å²) in [6, 6.07) is 22.9. The normalized spacial score (nSPS) is 31.3. The lowest BCUT2D eigenvalue weighted by molar-refractivity contribution is -0.253. The smallest absolute Gasteiger partial charge is 0.412 e. The summed E-state index contributed by atoms with van der Waals surface area (Å²) in [5, 5.41) is 57.3. The van der Waals surface area contributed by atoms with Crippen LogP contribution >= 0.6 is 0 Å². The molecule has 15 atom stereocenters. The maximum atomic E-state index is 12.8. The molecular formula is C58H79NO15. The lowest BCUT2D eigenvalue weighted by Gasteiger charge is -2.38. The molecule has 16 heteroatoms. The molecule has 4 fully saturated rings. The Kier molecular flexibility index (Phi) is 21.2. The van der Waals surface area contributed by atoms with Crippen LogP contribution < -0.4 is 10.1 Å². The van der Waals surface area contributed by atoms with E-state index < -0.39 is 49.6 Å². The van der Waals surface area contributed by atoms with Crippen molar-refractivity contribution in [3.05, 3.63) is 114 Å². The lowest BCUT2D eigenvalue weighted by atomic mass is 9.94. The quantitative estimate of drug-likeness (QED) is 0.0522. The number of ether oxygens (including phenoxy) is 9. The van der Waals surface area contributed by atoms with E-state index in [4.69, 9.17) is 42.6 Å². The van der Waals surface area contributed by atoms with Crippen LogP contribution in [-0.4, -0.2) is 118 Å². The van der Waals surface area contributed by atoms with Crippen LogP contribution in [0.1, 0.15) is 147 Å². The van der Waals surface area contributed by atoms with Gasteiger partial charge in [0.25, 0.3) is 0 Å². The summed E-state index contributed by atoms with van der Waals surface area (Å²) in [5.41, 5.74) is 1.88. The van der Waals surface area contributed by atoms with Gasteiger partial charge in [-0.15, -0.1) is 0 Å². The van der Waals surface area contributed by atoms with Crippen LogP contribution in [0, 0.1) is 0 Å². The summed E-state index contributed by atoms with van der Waals surface area (Å²) in [6.45, 7) is 4.14. The number of aromatic hydroxyl groups is 2. The Bertz CT molecular complexity index is 2230. The zero-order valence-electron chi connectivity index (χ0n) is 42.9. The highest BCUT2D eigenvalue weighted by molar-refractivity contribution is 5.70. The van der Waals surface area contributed by atoms with Crippen molar-refractivity contribution in [2.45, 2.75) is 215 Å². The van der Waals surface area contributed by atoms with E-state index in [1.165, 1.54) is 0 Å². The number of aliphatic hydroxyl groups is 3. The summed E-state index contributed by atoms with van der Waals surface area (Å²) in [5.74, 6) is 0.652. The predicted octanol–water partition coefficient (Wildman–Crippen LogP) is 9.62. The van der Waals surface area contributed by atoms with Crippen LogP contribution in [0.25, 0.3) is 0 Å². The monoisotopic (exact) mass is 1030 g/mol. The second-order valence-electron chi connectivity index (χ2n) is 20.6. The molecule has 0 spiro atoms. The summed E-state index contributed by atoms with van der Waals surface area (Å²) in [4.78, 5) is 12.8. The number of rotatable bonds is 23. The standard InChI is InChI=1S/C58H79NO15/c1-3-40-33-43(70-56(69-40)49-25-8-11-28-52(49)63)23-15-22-42-35-47(68-54(67-42)36-59-58(65)74-41-18-5-4-6-19-41)32-39(61)17-14-21-45-34-44(71-57(72-45)50-26-9-12-29-53(50)64)20-13-16-38(60)31-46-30-37(2)66-55(73-46)48-24-7-10-27-51(48)62/h4-12,18-19,24-26,28-29,37-40,42-47,51,54-57,60-64H,3,13-17,20-23,27,30-36H2,1-2H3,(H,59,65). The fourth-order valence-corrected chi connectivity index (χ4v) is 10.8. The van der Waals surface area contributed by atoms with Gasteiger partial charge in [-0.3, -0.25) is 0 Å². The second-order valence-corrected chi connectivity index (χ2v) is 20.6. The maximum Gasteiger partial charge on any atom is 0.412 e. The van der Waals surface area contributed by atoms with E-state index in [2.05, 4.69) is 12.2 Å². The number of phenols is 2.